The topological polar surface area (TPSA) is 26.3 Å². The van der Waals surface area contributed by atoms with Crippen molar-refractivity contribution in [3.05, 3.63) is 11.6 Å². The van der Waals surface area contributed by atoms with Crippen LogP contribution in [0.25, 0.3) is 0 Å². The van der Waals surface area contributed by atoms with E-state index in [9.17, 15) is 4.79 Å². The van der Waals surface area contributed by atoms with Crippen LogP contribution < -0.4 is 0 Å². The van der Waals surface area contributed by atoms with Crippen molar-refractivity contribution in [1.29, 1.82) is 0 Å². The van der Waals surface area contributed by atoms with Crippen molar-refractivity contribution in [2.24, 2.45) is 28.6 Å². The molecule has 4 bridgehead atoms. The number of hydrogen-bond acceptors (Lipinski definition) is 2. The Hall–Kier alpha value is -0.790. The minimum atomic E-state index is 0.451. The summed E-state index contributed by atoms with van der Waals surface area (Å²) in [6.07, 6.45) is 7.68. The van der Waals surface area contributed by atoms with Crippen molar-refractivity contribution >= 4 is 6.47 Å². The molecule has 0 amide bonds. The van der Waals surface area contributed by atoms with E-state index in [0.29, 0.717) is 23.9 Å². The smallest absolute Gasteiger partial charge is 0.293 e. The van der Waals surface area contributed by atoms with Crippen LogP contribution in [0.1, 0.15) is 46.5 Å². The fourth-order valence-corrected chi connectivity index (χ4v) is 5.35. The van der Waals surface area contributed by atoms with Crippen molar-refractivity contribution in [3.63, 3.8) is 0 Å². The van der Waals surface area contributed by atoms with Crippen molar-refractivity contribution in [3.8, 4) is 0 Å². The Kier molecular flexibility index (Phi) is 2.62. The van der Waals surface area contributed by atoms with E-state index in [4.69, 9.17) is 4.74 Å². The van der Waals surface area contributed by atoms with E-state index in [2.05, 4.69) is 19.9 Å². The second-order valence-electron chi connectivity index (χ2n) is 7.08. The van der Waals surface area contributed by atoms with E-state index in [-0.39, 0.29) is 0 Å². The van der Waals surface area contributed by atoms with Gasteiger partial charge in [-0.05, 0) is 66.8 Å². The number of hydrogen-bond donors (Lipinski definition) is 0. The number of rotatable bonds is 6. The summed E-state index contributed by atoms with van der Waals surface area (Å²) in [5.74, 6) is 3.09. The zero-order valence-electron chi connectivity index (χ0n) is 11.7. The summed E-state index contributed by atoms with van der Waals surface area (Å²) < 4.78 is 4.77. The zero-order valence-corrected chi connectivity index (χ0v) is 11.7. The predicted octanol–water partition coefficient (Wildman–Crippen LogP) is 3.57. The second-order valence-corrected chi connectivity index (χ2v) is 7.08. The third-order valence-electron chi connectivity index (χ3n) is 6.66. The van der Waals surface area contributed by atoms with Gasteiger partial charge in [-0.15, -0.1) is 0 Å². The minimum absolute atomic E-state index is 0.451. The van der Waals surface area contributed by atoms with Crippen LogP contribution in [0.2, 0.25) is 0 Å². The Labute approximate surface area is 110 Å². The number of carbonyl (C=O) groups excluding carboxylic acids is 1. The Morgan fingerprint density at radius 1 is 1.33 bits per heavy atom. The fourth-order valence-electron chi connectivity index (χ4n) is 5.35. The zero-order chi connectivity index (χ0) is 13.0. The maximum absolute atomic E-state index is 10.1. The van der Waals surface area contributed by atoms with E-state index < -0.39 is 0 Å². The van der Waals surface area contributed by atoms with Crippen molar-refractivity contribution in [1.82, 2.24) is 0 Å². The van der Waals surface area contributed by atoms with Gasteiger partial charge in [-0.25, -0.2) is 0 Å². The van der Waals surface area contributed by atoms with Gasteiger partial charge in [0, 0.05) is 0 Å². The molecule has 2 nitrogen and oxygen atoms in total. The SMILES string of the molecule is C/C(=C/CCC1(C)C2CC3C(C2)C31C)COC=O. The largest absolute Gasteiger partial charge is 0.463 e. The first-order chi connectivity index (χ1) is 8.54. The molecule has 0 radical (unpaired) electrons. The van der Waals surface area contributed by atoms with Gasteiger partial charge in [-0.3, -0.25) is 4.79 Å². The molecule has 18 heavy (non-hydrogen) atoms. The summed E-state index contributed by atoms with van der Waals surface area (Å²) in [7, 11) is 0. The monoisotopic (exact) mass is 248 g/mol. The number of ether oxygens (including phenoxy) is 1. The van der Waals surface area contributed by atoms with Crippen molar-refractivity contribution in [2.45, 2.75) is 46.5 Å². The average Bonchev–Trinajstić information content (AvgIpc) is 2.71. The lowest BCUT2D eigenvalue weighted by atomic mass is 9.71. The molecule has 100 valence electrons. The van der Waals surface area contributed by atoms with Crippen molar-refractivity contribution in [2.75, 3.05) is 6.61 Å². The molecule has 0 saturated heterocycles. The van der Waals surface area contributed by atoms with Gasteiger partial charge in [0.1, 0.15) is 6.61 Å². The van der Waals surface area contributed by atoms with Crippen LogP contribution in [0.5, 0.6) is 0 Å². The highest BCUT2D eigenvalue weighted by Crippen LogP contribution is 2.87. The van der Waals surface area contributed by atoms with Crippen LogP contribution in [0.3, 0.4) is 0 Å². The summed E-state index contributed by atoms with van der Waals surface area (Å²) in [6, 6.07) is 0. The molecule has 2 heteroatoms. The summed E-state index contributed by atoms with van der Waals surface area (Å²) in [4.78, 5) is 10.1. The Morgan fingerprint density at radius 2 is 2.00 bits per heavy atom. The molecule has 3 atom stereocenters. The van der Waals surface area contributed by atoms with Gasteiger partial charge in [0.05, 0.1) is 0 Å². The van der Waals surface area contributed by atoms with Crippen LogP contribution in [-0.2, 0) is 9.53 Å². The first-order valence-corrected chi connectivity index (χ1v) is 7.25. The van der Waals surface area contributed by atoms with Gasteiger partial charge in [0.25, 0.3) is 6.47 Å². The molecule has 0 aromatic heterocycles. The molecule has 0 heterocycles. The second kappa shape index (κ2) is 3.85. The van der Waals surface area contributed by atoms with Gasteiger partial charge in [-0.1, -0.05) is 19.9 Å². The van der Waals surface area contributed by atoms with E-state index in [1.165, 1.54) is 24.8 Å². The molecule has 4 rings (SSSR count). The standard InChI is InChI=1S/C16H24O2/c1-11(9-18-10-17)5-4-6-15(2)12-7-13-14(8-12)16(13,15)3/h5,10,12-14H,4,6-9H2,1-3H3/b11-5-. The van der Waals surface area contributed by atoms with Gasteiger partial charge in [0.2, 0.25) is 0 Å². The molecule has 0 spiro atoms. The molecule has 4 aliphatic carbocycles. The molecule has 4 fully saturated rings. The molecule has 0 N–H and O–H groups in total. The van der Waals surface area contributed by atoms with E-state index >= 15 is 0 Å². The Morgan fingerprint density at radius 3 is 2.50 bits per heavy atom. The number of carbonyl (C=O) groups is 1. The van der Waals surface area contributed by atoms with Crippen LogP contribution >= 0.6 is 0 Å². The van der Waals surface area contributed by atoms with Crippen LogP contribution in [0.4, 0.5) is 0 Å². The third kappa shape index (κ3) is 1.38. The lowest BCUT2D eigenvalue weighted by Gasteiger charge is -2.34. The molecular weight excluding hydrogens is 224 g/mol. The molecule has 0 aromatic rings. The van der Waals surface area contributed by atoms with Gasteiger partial charge in [-0.2, -0.15) is 0 Å². The highest BCUT2D eigenvalue weighted by Gasteiger charge is 2.80. The van der Waals surface area contributed by atoms with E-state index in [1.807, 2.05) is 6.92 Å². The van der Waals surface area contributed by atoms with E-state index in [1.54, 1.807) is 0 Å². The minimum Gasteiger partial charge on any atom is -0.463 e. The maximum atomic E-state index is 10.1. The molecular formula is C16H24O2. The normalized spacial score (nSPS) is 48.4. The van der Waals surface area contributed by atoms with Gasteiger partial charge in [0.15, 0.2) is 0 Å². The van der Waals surface area contributed by atoms with Crippen LogP contribution in [-0.4, -0.2) is 13.1 Å². The highest BCUT2D eigenvalue weighted by atomic mass is 16.5. The Balaban J connectivity index is 1.57. The Bertz CT molecular complexity index is 386. The summed E-state index contributed by atoms with van der Waals surface area (Å²) >= 11 is 0. The maximum Gasteiger partial charge on any atom is 0.293 e. The van der Waals surface area contributed by atoms with Crippen molar-refractivity contribution < 1.29 is 9.53 Å². The molecule has 4 aliphatic rings. The molecule has 0 aliphatic heterocycles. The average molecular weight is 248 g/mol. The fraction of sp³-hybridized carbons (Fsp3) is 0.812. The highest BCUT2D eigenvalue weighted by molar-refractivity contribution is 5.37. The summed E-state index contributed by atoms with van der Waals surface area (Å²) in [6.45, 7) is 8.08. The lowest BCUT2D eigenvalue weighted by molar-refractivity contribution is -0.127. The predicted molar refractivity (Wildman–Crippen MR) is 70.9 cm³/mol. The molecule has 3 unspecified atom stereocenters. The number of allylic oxidation sites excluding steroid dienone is 1. The third-order valence-corrected chi connectivity index (χ3v) is 6.66. The quantitative estimate of drug-likeness (QED) is 0.530. The molecule has 0 aromatic carbocycles. The lowest BCUT2D eigenvalue weighted by Crippen LogP contribution is -2.26. The first kappa shape index (κ1) is 12.3. The van der Waals surface area contributed by atoms with Gasteiger partial charge >= 0.3 is 0 Å². The van der Waals surface area contributed by atoms with Crippen LogP contribution in [0, 0.1) is 28.6 Å². The summed E-state index contributed by atoms with van der Waals surface area (Å²) in [5, 5.41) is 0. The van der Waals surface area contributed by atoms with E-state index in [0.717, 1.165) is 24.2 Å². The van der Waals surface area contributed by atoms with Gasteiger partial charge < -0.3 is 4.74 Å². The molecule has 4 saturated carbocycles. The summed E-state index contributed by atoms with van der Waals surface area (Å²) in [5.41, 5.74) is 2.41. The van der Waals surface area contributed by atoms with Crippen LogP contribution in [0.15, 0.2) is 11.6 Å². The first-order valence-electron chi connectivity index (χ1n) is 7.25.